The van der Waals surface area contributed by atoms with Crippen LogP contribution in [-0.2, 0) is 18.8 Å². The van der Waals surface area contributed by atoms with Crippen LogP contribution in [-0.4, -0.2) is 45.8 Å². The number of aliphatic hydroxyl groups is 2. The Kier molecular flexibility index (Phi) is 2.84. The summed E-state index contributed by atoms with van der Waals surface area (Å²) in [5, 5.41) is 28.3. The van der Waals surface area contributed by atoms with Crippen molar-refractivity contribution in [1.82, 2.24) is 0 Å². The van der Waals surface area contributed by atoms with E-state index in [1.807, 2.05) is 13.8 Å². The Bertz CT molecular complexity index is 408. The molecule has 3 N–H and O–H groups in total. The summed E-state index contributed by atoms with van der Waals surface area (Å²) in [5.41, 5.74) is -0.936. The third kappa shape index (κ3) is 1.54. The van der Waals surface area contributed by atoms with Gasteiger partial charge in [0.2, 0.25) is 0 Å². The highest BCUT2D eigenvalue weighted by atomic mass is 16.9. The molecule has 18 heavy (non-hydrogen) atoms. The van der Waals surface area contributed by atoms with Crippen LogP contribution >= 0.6 is 0 Å². The first-order valence-corrected chi connectivity index (χ1v) is 5.49. The lowest BCUT2D eigenvalue weighted by Crippen LogP contribution is -2.68. The molecular weight excluding hydrogens is 243 g/mol. The number of hydrogen-bond acceptors (Lipinski definition) is 6. The summed E-state index contributed by atoms with van der Waals surface area (Å²) in [5.74, 6) is -6.41. The van der Waals surface area contributed by atoms with E-state index in [1.165, 1.54) is 6.92 Å². The zero-order valence-electron chi connectivity index (χ0n) is 10.3. The summed E-state index contributed by atoms with van der Waals surface area (Å²) in [6, 6.07) is 0. The summed E-state index contributed by atoms with van der Waals surface area (Å²) in [6.07, 6.45) is 1.92. The maximum Gasteiger partial charge on any atom is 0.644 e. The molecule has 7 nitrogen and oxygen atoms in total. The summed E-state index contributed by atoms with van der Waals surface area (Å²) in [7, 11) is -1.06. The molecule has 3 aliphatic rings. The average molecular weight is 258 g/mol. The van der Waals surface area contributed by atoms with E-state index < -0.39 is 30.5 Å². The Morgan fingerprint density at radius 1 is 1.33 bits per heavy atom. The highest BCUT2D eigenvalue weighted by molar-refractivity contribution is 6.41. The molecule has 8 heteroatoms. The van der Waals surface area contributed by atoms with Crippen LogP contribution in [0, 0.1) is 0 Å². The molecule has 1 atom stereocenters. The predicted octanol–water partition coefficient (Wildman–Crippen LogP) is -0.375. The molecule has 3 aliphatic heterocycles. The first kappa shape index (κ1) is 13.5. The summed E-state index contributed by atoms with van der Waals surface area (Å²) >= 11 is 0. The topological polar surface area (TPSA) is 105 Å². The zero-order chi connectivity index (χ0) is 13.8. The molecule has 0 spiro atoms. The van der Waals surface area contributed by atoms with E-state index in [9.17, 15) is 15.0 Å². The molecule has 0 aromatic heterocycles. The molecule has 3 fully saturated rings. The van der Waals surface area contributed by atoms with Crippen molar-refractivity contribution < 1.29 is 34.1 Å². The van der Waals surface area contributed by atoms with Crippen LogP contribution in [0.5, 0.6) is 0 Å². The van der Waals surface area contributed by atoms with Gasteiger partial charge in [0.1, 0.15) is 0 Å². The van der Waals surface area contributed by atoms with Gasteiger partial charge in [-0.1, -0.05) is 11.6 Å². The number of rotatable bonds is 4. The number of hydrogen-bond donors (Lipinski definition) is 3. The third-order valence-electron chi connectivity index (χ3n) is 3.37. The normalized spacial score (nSPS) is 34.2. The fourth-order valence-electron chi connectivity index (χ4n) is 2.06. The van der Waals surface area contributed by atoms with E-state index in [4.69, 9.17) is 19.1 Å². The fourth-order valence-corrected chi connectivity index (χ4v) is 2.06. The van der Waals surface area contributed by atoms with Gasteiger partial charge in [-0.3, -0.25) is 0 Å². The minimum Gasteiger partial charge on any atom is -0.477 e. The van der Waals surface area contributed by atoms with Gasteiger partial charge in [-0.05, 0) is 20.8 Å². The summed E-state index contributed by atoms with van der Waals surface area (Å²) < 4.78 is 15.7. The zero-order valence-corrected chi connectivity index (χ0v) is 10.3. The lowest BCUT2D eigenvalue weighted by molar-refractivity contribution is -0.313. The number of aliphatic carboxylic acids is 1. The van der Waals surface area contributed by atoms with Crippen LogP contribution in [0.4, 0.5) is 0 Å². The molecule has 0 aliphatic carbocycles. The SMILES string of the molecule is CC(C)=CCC12OB(O1)O[C@]2(C)C(O)(O)C(=O)O. The molecular formula is C10H15BO7. The van der Waals surface area contributed by atoms with E-state index in [-0.39, 0.29) is 6.42 Å². The Morgan fingerprint density at radius 3 is 2.33 bits per heavy atom. The molecule has 0 unspecified atom stereocenters. The molecule has 0 amide bonds. The molecule has 0 aromatic rings. The lowest BCUT2D eigenvalue weighted by Gasteiger charge is -2.45. The molecule has 0 aromatic carbocycles. The predicted molar refractivity (Wildman–Crippen MR) is 59.0 cm³/mol. The lowest BCUT2D eigenvalue weighted by atomic mass is 9.83. The van der Waals surface area contributed by atoms with Crippen molar-refractivity contribution in [2.24, 2.45) is 0 Å². The molecule has 3 saturated heterocycles. The van der Waals surface area contributed by atoms with E-state index in [0.29, 0.717) is 0 Å². The Hall–Kier alpha value is -0.925. The van der Waals surface area contributed by atoms with Crippen molar-refractivity contribution in [3.05, 3.63) is 11.6 Å². The van der Waals surface area contributed by atoms with Gasteiger partial charge >= 0.3 is 13.3 Å². The summed E-state index contributed by atoms with van der Waals surface area (Å²) in [4.78, 5) is 11.0. The largest absolute Gasteiger partial charge is 0.644 e. The average Bonchev–Trinajstić information content (AvgIpc) is 2.63. The molecule has 0 radical (unpaired) electrons. The van der Waals surface area contributed by atoms with Crippen LogP contribution in [0.3, 0.4) is 0 Å². The van der Waals surface area contributed by atoms with Gasteiger partial charge in [-0.2, -0.15) is 0 Å². The second kappa shape index (κ2) is 3.78. The van der Waals surface area contributed by atoms with E-state index in [1.54, 1.807) is 6.08 Å². The van der Waals surface area contributed by atoms with Gasteiger partial charge < -0.3 is 29.3 Å². The monoisotopic (exact) mass is 258 g/mol. The van der Waals surface area contributed by atoms with Gasteiger partial charge in [0.15, 0.2) is 11.4 Å². The Morgan fingerprint density at radius 2 is 1.89 bits per heavy atom. The Balaban J connectivity index is 2.33. The molecule has 100 valence electrons. The second-order valence-corrected chi connectivity index (χ2v) is 4.89. The van der Waals surface area contributed by atoms with Crippen molar-refractivity contribution in [2.45, 2.75) is 44.4 Å². The quantitative estimate of drug-likeness (QED) is 0.358. The van der Waals surface area contributed by atoms with Crippen LogP contribution in [0.1, 0.15) is 27.2 Å². The van der Waals surface area contributed by atoms with E-state index in [0.717, 1.165) is 5.57 Å². The smallest absolute Gasteiger partial charge is 0.477 e. The standard InChI is InChI=1S/C10H15BO7/c1-6(2)4-5-9-8(3,10(14,15)7(12)13)16-11(17-9)18-9/h4,14-15H,5H2,1-3H3,(H,12,13)/t8-/m0/s1. The van der Waals surface area contributed by atoms with Crippen molar-refractivity contribution >= 4 is 13.3 Å². The van der Waals surface area contributed by atoms with Crippen molar-refractivity contribution in [2.75, 3.05) is 0 Å². The van der Waals surface area contributed by atoms with Crippen LogP contribution < -0.4 is 0 Å². The number of carboxylic acid groups (broad SMARTS) is 1. The molecule has 0 saturated carbocycles. The minimum atomic E-state index is -3.10. The first-order valence-electron chi connectivity index (χ1n) is 5.49. The third-order valence-corrected chi connectivity index (χ3v) is 3.37. The van der Waals surface area contributed by atoms with Crippen molar-refractivity contribution in [3.8, 4) is 0 Å². The molecule has 3 rings (SSSR count). The first-order chi connectivity index (χ1) is 8.15. The van der Waals surface area contributed by atoms with Crippen LogP contribution in [0.25, 0.3) is 0 Å². The van der Waals surface area contributed by atoms with E-state index >= 15 is 0 Å². The van der Waals surface area contributed by atoms with Crippen molar-refractivity contribution in [1.29, 1.82) is 0 Å². The molecule has 2 bridgehead atoms. The highest BCUT2D eigenvalue weighted by Crippen LogP contribution is 2.54. The number of allylic oxidation sites excluding steroid dienone is 1. The van der Waals surface area contributed by atoms with E-state index in [2.05, 4.69) is 0 Å². The van der Waals surface area contributed by atoms with Gasteiger partial charge in [-0.25, -0.2) is 4.79 Å². The second-order valence-electron chi connectivity index (χ2n) is 4.89. The van der Waals surface area contributed by atoms with Gasteiger partial charge in [0, 0.05) is 6.42 Å². The summed E-state index contributed by atoms with van der Waals surface area (Å²) in [6.45, 7) is 4.94. The van der Waals surface area contributed by atoms with Gasteiger partial charge in [-0.15, -0.1) is 0 Å². The maximum atomic E-state index is 11.0. The van der Waals surface area contributed by atoms with Gasteiger partial charge in [0.25, 0.3) is 5.79 Å². The highest BCUT2D eigenvalue weighted by Gasteiger charge is 2.80. The number of carbonyl (C=O) groups is 1. The van der Waals surface area contributed by atoms with Crippen LogP contribution in [0.15, 0.2) is 11.6 Å². The van der Waals surface area contributed by atoms with Crippen LogP contribution in [0.2, 0.25) is 0 Å². The fraction of sp³-hybridized carbons (Fsp3) is 0.700. The minimum absolute atomic E-state index is 0.165. The number of carboxylic acids is 1. The maximum absolute atomic E-state index is 11.0. The van der Waals surface area contributed by atoms with Crippen molar-refractivity contribution in [3.63, 3.8) is 0 Å². The van der Waals surface area contributed by atoms with Gasteiger partial charge in [0.05, 0.1) is 0 Å². The molecule has 3 heterocycles. The Labute approximate surface area is 104 Å². The number of fused-ring (bicyclic) bond motifs is 1.